The van der Waals surface area contributed by atoms with Gasteiger partial charge in [-0.1, -0.05) is 248 Å². The van der Waals surface area contributed by atoms with Crippen molar-refractivity contribution in [2.75, 3.05) is 13.2 Å². The largest absolute Gasteiger partial charge is 0.462 e. The van der Waals surface area contributed by atoms with Crippen LogP contribution in [-0.4, -0.2) is 36.4 Å². The van der Waals surface area contributed by atoms with Crippen molar-refractivity contribution in [3.05, 3.63) is 170 Å². The number of allylic oxidation sites excluding steroid dienone is 28. The molecule has 72 heavy (non-hydrogen) atoms. The second-order valence-corrected chi connectivity index (χ2v) is 18.2. The molecule has 1 N–H and O–H groups in total. The lowest BCUT2D eigenvalue weighted by Crippen LogP contribution is -2.28. The first-order valence-electron chi connectivity index (χ1n) is 28.7. The molecule has 0 aromatic carbocycles. The minimum atomic E-state index is -0.799. The van der Waals surface area contributed by atoms with Gasteiger partial charge in [-0.3, -0.25) is 9.59 Å². The predicted octanol–water partition coefficient (Wildman–Crippen LogP) is 19.7. The Hall–Kier alpha value is -4.74. The second-order valence-electron chi connectivity index (χ2n) is 18.2. The van der Waals surface area contributed by atoms with E-state index < -0.39 is 6.10 Å². The van der Waals surface area contributed by atoms with Crippen LogP contribution in [-0.2, 0) is 19.1 Å². The lowest BCUT2D eigenvalue weighted by Gasteiger charge is -2.15. The molecule has 1 atom stereocenters. The van der Waals surface area contributed by atoms with Crippen molar-refractivity contribution in [2.24, 2.45) is 0 Å². The van der Waals surface area contributed by atoms with Gasteiger partial charge in [-0.25, -0.2) is 0 Å². The van der Waals surface area contributed by atoms with Gasteiger partial charge in [-0.15, -0.1) is 0 Å². The molecule has 0 saturated heterocycles. The Morgan fingerprint density at radius 3 is 0.833 bits per heavy atom. The van der Waals surface area contributed by atoms with E-state index in [0.717, 1.165) is 148 Å². The lowest BCUT2D eigenvalue weighted by molar-refractivity contribution is -0.161. The van der Waals surface area contributed by atoms with Gasteiger partial charge in [-0.2, -0.15) is 0 Å². The fourth-order valence-corrected chi connectivity index (χ4v) is 7.28. The number of aliphatic hydroxyl groups is 1. The second kappa shape index (κ2) is 60.6. The summed E-state index contributed by atoms with van der Waals surface area (Å²) in [4.78, 5) is 24.5. The Kier molecular flexibility index (Phi) is 56.6. The van der Waals surface area contributed by atoms with Crippen LogP contribution in [0.1, 0.15) is 219 Å². The van der Waals surface area contributed by atoms with Gasteiger partial charge in [0.1, 0.15) is 6.61 Å². The highest BCUT2D eigenvalue weighted by Gasteiger charge is 2.16. The van der Waals surface area contributed by atoms with Crippen LogP contribution in [0.25, 0.3) is 0 Å². The molecule has 0 amide bonds. The highest BCUT2D eigenvalue weighted by molar-refractivity contribution is 5.70. The van der Waals surface area contributed by atoms with Gasteiger partial charge in [0.25, 0.3) is 0 Å². The molecule has 0 aliphatic heterocycles. The molecule has 0 heterocycles. The van der Waals surface area contributed by atoms with Crippen LogP contribution in [0.2, 0.25) is 0 Å². The average molecular weight is 990 g/mol. The Balaban J connectivity index is 3.64. The molecule has 0 aromatic heterocycles. The van der Waals surface area contributed by atoms with Crippen LogP contribution in [0.5, 0.6) is 0 Å². The van der Waals surface area contributed by atoms with Gasteiger partial charge in [0.2, 0.25) is 0 Å². The Labute approximate surface area is 443 Å². The zero-order chi connectivity index (χ0) is 52.0. The van der Waals surface area contributed by atoms with Gasteiger partial charge in [0, 0.05) is 12.8 Å². The minimum Gasteiger partial charge on any atom is -0.462 e. The maximum atomic E-state index is 12.3. The van der Waals surface area contributed by atoms with Crippen molar-refractivity contribution in [3.63, 3.8) is 0 Å². The summed E-state index contributed by atoms with van der Waals surface area (Å²) in [5.41, 5.74) is 0. The lowest BCUT2D eigenvalue weighted by atomic mass is 10.1. The summed E-state index contributed by atoms with van der Waals surface area (Å²) in [5.74, 6) is -0.630. The van der Waals surface area contributed by atoms with E-state index in [1.165, 1.54) is 44.9 Å². The number of esters is 2. The van der Waals surface area contributed by atoms with E-state index in [-0.39, 0.29) is 25.2 Å². The molecule has 1 unspecified atom stereocenters. The molecule has 0 rings (SSSR count). The molecule has 0 bridgehead atoms. The van der Waals surface area contributed by atoms with Gasteiger partial charge >= 0.3 is 11.9 Å². The Morgan fingerprint density at radius 2 is 0.556 bits per heavy atom. The molecule has 0 spiro atoms. The molecule has 0 aliphatic carbocycles. The Morgan fingerprint density at radius 1 is 0.319 bits per heavy atom. The third kappa shape index (κ3) is 57.8. The van der Waals surface area contributed by atoms with E-state index in [4.69, 9.17) is 9.47 Å². The smallest absolute Gasteiger partial charge is 0.306 e. The highest BCUT2D eigenvalue weighted by Crippen LogP contribution is 2.13. The molecule has 0 aromatic rings. The summed E-state index contributed by atoms with van der Waals surface area (Å²) in [7, 11) is 0. The quantitative estimate of drug-likeness (QED) is 0.0373. The summed E-state index contributed by atoms with van der Waals surface area (Å²) >= 11 is 0. The van der Waals surface area contributed by atoms with Crippen LogP contribution in [0, 0.1) is 0 Å². The molecular weight excluding hydrogens is 885 g/mol. The van der Waals surface area contributed by atoms with E-state index in [1.807, 2.05) is 0 Å². The highest BCUT2D eigenvalue weighted by atomic mass is 16.6. The predicted molar refractivity (Wildman–Crippen MR) is 315 cm³/mol. The topological polar surface area (TPSA) is 72.8 Å². The maximum Gasteiger partial charge on any atom is 0.306 e. The van der Waals surface area contributed by atoms with Crippen molar-refractivity contribution in [3.8, 4) is 0 Å². The average Bonchev–Trinajstić information content (AvgIpc) is 3.38. The van der Waals surface area contributed by atoms with Crippen molar-refractivity contribution in [1.29, 1.82) is 0 Å². The van der Waals surface area contributed by atoms with Crippen LogP contribution in [0.4, 0.5) is 0 Å². The van der Waals surface area contributed by atoms with Gasteiger partial charge in [0.15, 0.2) is 6.10 Å². The molecule has 0 saturated carbocycles. The van der Waals surface area contributed by atoms with Gasteiger partial charge in [-0.05, 0) is 128 Å². The molecular formula is C67H104O5. The summed E-state index contributed by atoms with van der Waals surface area (Å²) in [6.07, 6.45) is 94.5. The van der Waals surface area contributed by atoms with Crippen LogP contribution < -0.4 is 0 Å². The molecule has 0 aliphatic rings. The fourth-order valence-electron chi connectivity index (χ4n) is 7.28. The third-order valence-electron chi connectivity index (χ3n) is 11.5. The normalized spacial score (nSPS) is 13.5. The van der Waals surface area contributed by atoms with Crippen molar-refractivity contribution in [1.82, 2.24) is 0 Å². The van der Waals surface area contributed by atoms with Crippen LogP contribution in [0.15, 0.2) is 170 Å². The summed E-state index contributed by atoms with van der Waals surface area (Å²) in [5, 5.41) is 9.66. The van der Waals surface area contributed by atoms with E-state index in [1.54, 1.807) is 0 Å². The van der Waals surface area contributed by atoms with Crippen molar-refractivity contribution < 1.29 is 24.2 Å². The van der Waals surface area contributed by atoms with Crippen LogP contribution in [0.3, 0.4) is 0 Å². The monoisotopic (exact) mass is 989 g/mol. The van der Waals surface area contributed by atoms with E-state index >= 15 is 0 Å². The number of carbonyl (C=O) groups is 2. The zero-order valence-electron chi connectivity index (χ0n) is 45.9. The summed E-state index contributed by atoms with van der Waals surface area (Å²) in [6.45, 7) is 3.88. The molecule has 5 heteroatoms. The number of aliphatic hydroxyl groups excluding tert-OH is 1. The number of hydrogen-bond donors (Lipinski definition) is 1. The molecule has 5 nitrogen and oxygen atoms in total. The van der Waals surface area contributed by atoms with Gasteiger partial charge in [0.05, 0.1) is 6.61 Å². The summed E-state index contributed by atoms with van der Waals surface area (Å²) in [6, 6.07) is 0. The van der Waals surface area contributed by atoms with E-state index in [9.17, 15) is 14.7 Å². The van der Waals surface area contributed by atoms with Crippen LogP contribution >= 0.6 is 0 Å². The number of carbonyl (C=O) groups excluding carboxylic acids is 2. The molecule has 402 valence electrons. The van der Waals surface area contributed by atoms with E-state index in [2.05, 4.69) is 184 Å². The SMILES string of the molecule is CC/C=C\C/C=C\C/C=C\C/C=C\C/C=C\C/C=C\C/C=C\C/C=C\CCCCCCCCC(=O)OC(CO)COC(=O)CCCCCCCCCC/C=C\C/C=C\C/C=C\C/C=C\C/C=C\C/C=C\CC. The van der Waals surface area contributed by atoms with Crippen molar-refractivity contribution in [2.45, 2.75) is 225 Å². The first-order chi connectivity index (χ1) is 35.6. The van der Waals surface area contributed by atoms with E-state index in [0.29, 0.717) is 12.8 Å². The van der Waals surface area contributed by atoms with Crippen molar-refractivity contribution >= 4 is 11.9 Å². The Bertz CT molecular complexity index is 1640. The molecule has 0 radical (unpaired) electrons. The fraction of sp³-hybridized carbons (Fsp3) is 0.552. The summed E-state index contributed by atoms with van der Waals surface area (Å²) < 4.78 is 10.7. The maximum absolute atomic E-state index is 12.3. The third-order valence-corrected chi connectivity index (χ3v) is 11.5. The van der Waals surface area contributed by atoms with Gasteiger partial charge < -0.3 is 14.6 Å². The first-order valence-corrected chi connectivity index (χ1v) is 28.7. The number of ether oxygens (including phenoxy) is 2. The first kappa shape index (κ1) is 67.3. The zero-order valence-corrected chi connectivity index (χ0v) is 45.9. The number of unbranched alkanes of at least 4 members (excludes halogenated alkanes) is 14. The number of rotatable bonds is 50. The molecule has 0 fully saturated rings. The number of hydrogen-bond acceptors (Lipinski definition) is 5. The minimum absolute atomic E-state index is 0.0886. The standard InChI is InChI=1S/C67H104O5/c1-3-5-7-9-11-13-15-17-19-21-23-25-27-29-31-32-33-34-36-38-40-42-44-46-48-50-52-54-56-58-60-62-67(70)72-65(63-68)64-71-66(69)61-59-57-55-53-51-49-47-45-43-41-39-37-35-30-28-26-24-22-20-18-16-14-12-10-8-6-4-2/h5-8,11-14,17-20,23-26,29-31,33-35,38-41,44,46,65,68H,3-4,9-10,15-16,21-22,27-28,32,36-37,42-43,45,47-64H2,1-2H3/b7-5-,8-6-,13-11-,14-12-,19-17-,20-18-,25-23-,26-24-,31-29-,34-33-,35-30-,40-38-,41-39-,46-44-.